The van der Waals surface area contributed by atoms with Crippen molar-refractivity contribution in [1.29, 1.82) is 0 Å². The standard InChI is InChI=1S/C14H24N2O3S/c1-4-6-7-11-13(18)12(17)10(9-19-11)8-15-14(20)16(3)5-2/h4,8,10-13,17-18H,1,5-7,9H2,2-3H3/p+1. The van der Waals surface area contributed by atoms with Crippen molar-refractivity contribution in [3.63, 3.8) is 0 Å². The van der Waals surface area contributed by atoms with Crippen LogP contribution in [0.1, 0.15) is 19.8 Å². The third kappa shape index (κ3) is 4.65. The van der Waals surface area contributed by atoms with Crippen LogP contribution in [0.2, 0.25) is 0 Å². The molecule has 114 valence electrons. The lowest BCUT2D eigenvalue weighted by molar-refractivity contribution is -0.150. The first-order chi connectivity index (χ1) is 9.51. The number of rotatable bonds is 5. The maximum absolute atomic E-state index is 10.1. The van der Waals surface area contributed by atoms with Gasteiger partial charge in [0.1, 0.15) is 6.10 Å². The summed E-state index contributed by atoms with van der Waals surface area (Å²) in [7, 11) is 1.88. The van der Waals surface area contributed by atoms with Crippen molar-refractivity contribution in [2.24, 2.45) is 5.92 Å². The minimum Gasteiger partial charge on any atom is -0.389 e. The SMILES string of the molecule is C=CCCC1OCC(C=[N+]=C(S)N(C)CC)C(O)C1O. The fraction of sp³-hybridized carbons (Fsp3) is 0.714. The summed E-state index contributed by atoms with van der Waals surface area (Å²) in [5.41, 5.74) is 0. The van der Waals surface area contributed by atoms with E-state index in [2.05, 4.69) is 23.9 Å². The minimum absolute atomic E-state index is 0.322. The van der Waals surface area contributed by atoms with E-state index in [4.69, 9.17) is 4.74 Å². The number of amidine groups is 1. The zero-order valence-corrected chi connectivity index (χ0v) is 13.0. The van der Waals surface area contributed by atoms with Crippen molar-refractivity contribution in [2.45, 2.75) is 38.1 Å². The zero-order chi connectivity index (χ0) is 15.1. The molecule has 5 nitrogen and oxygen atoms in total. The van der Waals surface area contributed by atoms with Gasteiger partial charge in [0.2, 0.25) is 0 Å². The van der Waals surface area contributed by atoms with Crippen LogP contribution in [0.4, 0.5) is 0 Å². The number of ether oxygens (including phenoxy) is 1. The van der Waals surface area contributed by atoms with Crippen molar-refractivity contribution >= 4 is 24.0 Å². The van der Waals surface area contributed by atoms with Crippen molar-refractivity contribution in [3.05, 3.63) is 12.7 Å². The molecule has 1 saturated heterocycles. The number of nitrogens with zero attached hydrogens (tertiary/aromatic N) is 2. The molecule has 0 spiro atoms. The van der Waals surface area contributed by atoms with Gasteiger partial charge in [-0.05, 0) is 32.4 Å². The molecule has 0 saturated carbocycles. The van der Waals surface area contributed by atoms with Crippen LogP contribution in [0.25, 0.3) is 0 Å². The second-order valence-corrected chi connectivity index (χ2v) is 5.38. The van der Waals surface area contributed by atoms with Crippen LogP contribution in [-0.4, -0.2) is 65.0 Å². The molecule has 1 aliphatic heterocycles. The van der Waals surface area contributed by atoms with Crippen molar-refractivity contribution < 1.29 is 14.9 Å². The highest BCUT2D eigenvalue weighted by atomic mass is 32.1. The van der Waals surface area contributed by atoms with E-state index in [0.29, 0.717) is 18.2 Å². The lowest BCUT2D eigenvalue weighted by atomic mass is 9.91. The maximum atomic E-state index is 10.1. The summed E-state index contributed by atoms with van der Waals surface area (Å²) in [6.45, 7) is 6.78. The number of allylic oxidation sites excluding steroid dienone is 1. The summed E-state index contributed by atoms with van der Waals surface area (Å²) in [5, 5.41) is 20.7. The van der Waals surface area contributed by atoms with E-state index in [1.807, 2.05) is 18.9 Å². The Morgan fingerprint density at radius 2 is 2.20 bits per heavy atom. The summed E-state index contributed by atoms with van der Waals surface area (Å²) >= 11 is 4.27. The Labute approximate surface area is 126 Å². The van der Waals surface area contributed by atoms with E-state index in [-0.39, 0.29) is 12.0 Å². The highest BCUT2D eigenvalue weighted by Crippen LogP contribution is 2.22. The van der Waals surface area contributed by atoms with Crippen LogP contribution in [0.15, 0.2) is 12.7 Å². The van der Waals surface area contributed by atoms with Crippen LogP contribution >= 0.6 is 12.6 Å². The average Bonchev–Trinajstić information content (AvgIpc) is 2.46. The number of hydrogen-bond acceptors (Lipinski definition) is 3. The molecule has 1 rings (SSSR count). The number of thiol groups is 1. The predicted octanol–water partition coefficient (Wildman–Crippen LogP) is 0.0649. The molecule has 0 radical (unpaired) electrons. The molecule has 0 amide bonds. The first-order valence-corrected chi connectivity index (χ1v) is 7.35. The Bertz CT molecular complexity index is 383. The molecule has 0 aromatic rings. The molecule has 0 bridgehead atoms. The van der Waals surface area contributed by atoms with Gasteiger partial charge in [-0.1, -0.05) is 6.08 Å². The maximum Gasteiger partial charge on any atom is 0.402 e. The molecule has 1 aliphatic rings. The van der Waals surface area contributed by atoms with Crippen LogP contribution in [0.3, 0.4) is 0 Å². The third-order valence-electron chi connectivity index (χ3n) is 3.52. The lowest BCUT2D eigenvalue weighted by Gasteiger charge is -2.35. The second kappa shape index (κ2) is 8.49. The molecule has 6 heteroatoms. The molecule has 0 aliphatic carbocycles. The van der Waals surface area contributed by atoms with Gasteiger partial charge in [0, 0.05) is 0 Å². The number of aliphatic hydroxyl groups is 2. The summed E-state index contributed by atoms with van der Waals surface area (Å²) < 4.78 is 9.80. The molecule has 4 unspecified atom stereocenters. The van der Waals surface area contributed by atoms with Crippen molar-refractivity contribution in [1.82, 2.24) is 9.57 Å². The molecule has 1 heterocycles. The highest BCUT2D eigenvalue weighted by Gasteiger charge is 2.38. The number of hydrogen-bond donors (Lipinski definition) is 3. The van der Waals surface area contributed by atoms with Gasteiger partial charge in [-0.25, -0.2) is 9.57 Å². The molecule has 1 fully saturated rings. The number of aliphatic hydroxyl groups excluding tert-OH is 2. The summed E-state index contributed by atoms with van der Waals surface area (Å²) in [6, 6.07) is 0. The van der Waals surface area contributed by atoms with E-state index in [0.717, 1.165) is 13.0 Å². The lowest BCUT2D eigenvalue weighted by Crippen LogP contribution is -2.50. The highest BCUT2D eigenvalue weighted by molar-refractivity contribution is 7.96. The fourth-order valence-corrected chi connectivity index (χ4v) is 2.18. The summed E-state index contributed by atoms with van der Waals surface area (Å²) in [4.78, 5) is 1.87. The minimum atomic E-state index is -0.896. The first-order valence-electron chi connectivity index (χ1n) is 6.91. The molecule has 4 atom stereocenters. The van der Waals surface area contributed by atoms with Gasteiger partial charge in [-0.3, -0.25) is 0 Å². The molecule has 2 N–H and O–H groups in total. The van der Waals surface area contributed by atoms with E-state index in [1.54, 1.807) is 12.3 Å². The Balaban J connectivity index is 2.67. The van der Waals surface area contributed by atoms with Gasteiger partial charge in [0.05, 0.1) is 38.3 Å². The van der Waals surface area contributed by atoms with Gasteiger partial charge in [-0.2, -0.15) is 0 Å². The second-order valence-electron chi connectivity index (χ2n) is 4.98. The molecule has 20 heavy (non-hydrogen) atoms. The average molecular weight is 301 g/mol. The third-order valence-corrected chi connectivity index (χ3v) is 3.98. The molecule has 0 aromatic carbocycles. The van der Waals surface area contributed by atoms with Gasteiger partial charge >= 0.3 is 5.17 Å². The quantitative estimate of drug-likeness (QED) is 0.221. The summed E-state index contributed by atoms with van der Waals surface area (Å²) in [5.74, 6) is -0.322. The van der Waals surface area contributed by atoms with E-state index in [1.165, 1.54) is 0 Å². The summed E-state index contributed by atoms with van der Waals surface area (Å²) in [6.07, 6.45) is 2.69. The van der Waals surface area contributed by atoms with E-state index >= 15 is 0 Å². The molecular formula is C14H25N2O3S+. The van der Waals surface area contributed by atoms with Gasteiger partial charge in [0.25, 0.3) is 0 Å². The van der Waals surface area contributed by atoms with Gasteiger partial charge in [0.15, 0.2) is 6.21 Å². The molecule has 0 aromatic heterocycles. The topological polar surface area (TPSA) is 67.0 Å². The van der Waals surface area contributed by atoms with Crippen LogP contribution in [-0.2, 0) is 4.74 Å². The van der Waals surface area contributed by atoms with Crippen molar-refractivity contribution in [3.8, 4) is 0 Å². The van der Waals surface area contributed by atoms with E-state index < -0.39 is 12.2 Å². The largest absolute Gasteiger partial charge is 0.402 e. The Morgan fingerprint density at radius 3 is 2.80 bits per heavy atom. The van der Waals surface area contributed by atoms with E-state index in [9.17, 15) is 10.2 Å². The predicted molar refractivity (Wildman–Crippen MR) is 85.2 cm³/mol. The Morgan fingerprint density at radius 1 is 1.50 bits per heavy atom. The normalized spacial score (nSPS) is 29.4. The smallest absolute Gasteiger partial charge is 0.389 e. The van der Waals surface area contributed by atoms with Crippen LogP contribution in [0, 0.1) is 5.92 Å². The van der Waals surface area contributed by atoms with Crippen molar-refractivity contribution in [2.75, 3.05) is 20.2 Å². The zero-order valence-electron chi connectivity index (χ0n) is 12.1. The monoisotopic (exact) mass is 301 g/mol. The Hall–Kier alpha value is -0.780. The fourth-order valence-electron chi connectivity index (χ4n) is 1.97. The Kier molecular flexibility index (Phi) is 7.34. The molecular weight excluding hydrogens is 276 g/mol. The van der Waals surface area contributed by atoms with Gasteiger partial charge in [-0.15, -0.1) is 6.58 Å². The van der Waals surface area contributed by atoms with Gasteiger partial charge < -0.3 is 14.9 Å². The first kappa shape index (κ1) is 17.3. The van der Waals surface area contributed by atoms with Crippen LogP contribution < -0.4 is 4.67 Å². The van der Waals surface area contributed by atoms with Crippen LogP contribution in [0.5, 0.6) is 0 Å².